The van der Waals surface area contributed by atoms with Crippen LogP contribution < -0.4 is 5.32 Å². The number of fused-ring (bicyclic) bond motifs is 1. The van der Waals surface area contributed by atoms with E-state index in [0.717, 1.165) is 28.0 Å². The van der Waals surface area contributed by atoms with Crippen LogP contribution in [-0.4, -0.2) is 25.5 Å². The summed E-state index contributed by atoms with van der Waals surface area (Å²) in [6.07, 6.45) is 0.375. The van der Waals surface area contributed by atoms with Crippen molar-refractivity contribution in [1.82, 2.24) is 24.9 Å². The minimum Gasteiger partial charge on any atom is -0.350 e. The number of nitrogens with zero attached hydrogens (tertiary/aromatic N) is 4. The molecular formula is C18H22ClN5O. The van der Waals surface area contributed by atoms with Gasteiger partial charge in [-0.2, -0.15) is 10.2 Å². The smallest absolute Gasteiger partial charge is 0.222 e. The summed E-state index contributed by atoms with van der Waals surface area (Å²) < 4.78 is 3.67. The number of rotatable bonds is 5. The van der Waals surface area contributed by atoms with E-state index in [0.29, 0.717) is 24.5 Å². The molecule has 0 radical (unpaired) electrons. The lowest BCUT2D eigenvalue weighted by molar-refractivity contribution is -0.121. The summed E-state index contributed by atoms with van der Waals surface area (Å²) in [4.78, 5) is 12.2. The van der Waals surface area contributed by atoms with Crippen LogP contribution in [0.2, 0.25) is 5.02 Å². The van der Waals surface area contributed by atoms with E-state index in [9.17, 15) is 4.79 Å². The number of aryl methyl sites for hydroxylation is 3. The zero-order valence-electron chi connectivity index (χ0n) is 14.9. The summed E-state index contributed by atoms with van der Waals surface area (Å²) in [5.74, 6) is -0.0314. The Morgan fingerprint density at radius 2 is 2.00 bits per heavy atom. The molecule has 0 saturated heterocycles. The Morgan fingerprint density at radius 1 is 1.24 bits per heavy atom. The molecule has 0 spiro atoms. The van der Waals surface area contributed by atoms with Crippen molar-refractivity contribution in [3.8, 4) is 0 Å². The number of halogens is 1. The molecule has 0 unspecified atom stereocenters. The van der Waals surface area contributed by atoms with Gasteiger partial charge in [-0.25, -0.2) is 0 Å². The molecule has 0 fully saturated rings. The lowest BCUT2D eigenvalue weighted by atomic mass is 10.2. The summed E-state index contributed by atoms with van der Waals surface area (Å²) in [6.45, 7) is 6.97. The van der Waals surface area contributed by atoms with Gasteiger partial charge in [0, 0.05) is 31.1 Å². The Kier molecular flexibility index (Phi) is 4.81. The van der Waals surface area contributed by atoms with Crippen LogP contribution in [0.3, 0.4) is 0 Å². The molecule has 25 heavy (non-hydrogen) atoms. The Hall–Kier alpha value is -2.34. The van der Waals surface area contributed by atoms with Gasteiger partial charge in [0.2, 0.25) is 5.91 Å². The zero-order valence-corrected chi connectivity index (χ0v) is 15.7. The Morgan fingerprint density at radius 3 is 2.68 bits per heavy atom. The van der Waals surface area contributed by atoms with Crippen molar-refractivity contribution >= 4 is 28.4 Å². The maximum absolute atomic E-state index is 12.2. The molecule has 0 aliphatic carbocycles. The Bertz CT molecular complexity index is 941. The lowest BCUT2D eigenvalue weighted by Crippen LogP contribution is -2.24. The first kappa shape index (κ1) is 17.5. The van der Waals surface area contributed by atoms with Crippen LogP contribution in [0.25, 0.3) is 10.9 Å². The third-order valence-electron chi connectivity index (χ3n) is 4.65. The largest absolute Gasteiger partial charge is 0.350 e. The maximum atomic E-state index is 12.2. The van der Waals surface area contributed by atoms with E-state index in [4.69, 9.17) is 11.6 Å². The summed E-state index contributed by atoms with van der Waals surface area (Å²) in [6, 6.07) is 5.69. The van der Waals surface area contributed by atoms with Gasteiger partial charge in [-0.3, -0.25) is 14.2 Å². The van der Waals surface area contributed by atoms with Crippen molar-refractivity contribution in [3.63, 3.8) is 0 Å². The predicted octanol–water partition coefficient (Wildman–Crippen LogP) is 3.05. The number of benzene rings is 1. The van der Waals surface area contributed by atoms with E-state index in [1.54, 1.807) is 4.68 Å². The third kappa shape index (κ3) is 3.39. The van der Waals surface area contributed by atoms with Gasteiger partial charge < -0.3 is 5.32 Å². The van der Waals surface area contributed by atoms with E-state index >= 15 is 0 Å². The SMILES string of the molecule is Cc1nn(CCC(=O)NCc2nn(C)c3cccc(Cl)c23)c(C)c1C. The standard InChI is InChI=1S/C18H22ClN5O/c1-11-12(2)21-24(13(11)3)9-8-17(25)20-10-15-18-14(19)6-5-7-16(18)23(4)22-15/h5-7H,8-10H2,1-4H3,(H,20,25). The average Bonchev–Trinajstić information content (AvgIpc) is 3.04. The van der Waals surface area contributed by atoms with Crippen molar-refractivity contribution in [2.24, 2.45) is 7.05 Å². The monoisotopic (exact) mass is 359 g/mol. The van der Waals surface area contributed by atoms with Crippen molar-refractivity contribution in [2.75, 3.05) is 0 Å². The Labute approximate surface area is 151 Å². The number of nitrogens with one attached hydrogen (secondary N) is 1. The molecule has 0 aliphatic heterocycles. The molecule has 7 heteroatoms. The van der Waals surface area contributed by atoms with Crippen molar-refractivity contribution in [2.45, 2.75) is 40.3 Å². The highest BCUT2D eigenvalue weighted by Crippen LogP contribution is 2.26. The van der Waals surface area contributed by atoms with Crippen LogP contribution in [0.15, 0.2) is 18.2 Å². The summed E-state index contributed by atoms with van der Waals surface area (Å²) in [5, 5.41) is 13.4. The summed E-state index contributed by atoms with van der Waals surface area (Å²) in [7, 11) is 1.87. The predicted molar refractivity (Wildman–Crippen MR) is 98.6 cm³/mol. The molecule has 1 amide bonds. The quantitative estimate of drug-likeness (QED) is 0.761. The van der Waals surface area contributed by atoms with E-state index in [1.165, 1.54) is 5.56 Å². The fourth-order valence-corrected chi connectivity index (χ4v) is 3.24. The fraction of sp³-hybridized carbons (Fsp3) is 0.389. The van der Waals surface area contributed by atoms with Gasteiger partial charge in [-0.1, -0.05) is 17.7 Å². The molecule has 0 bridgehead atoms. The molecule has 2 heterocycles. The molecule has 2 aromatic heterocycles. The van der Waals surface area contributed by atoms with Crippen LogP contribution >= 0.6 is 11.6 Å². The second-order valence-corrected chi connectivity index (χ2v) is 6.66. The number of carbonyl (C=O) groups excluding carboxylic acids is 1. The topological polar surface area (TPSA) is 64.7 Å². The summed E-state index contributed by atoms with van der Waals surface area (Å²) in [5.41, 5.74) is 5.02. The van der Waals surface area contributed by atoms with Crippen molar-refractivity contribution in [3.05, 3.63) is 45.9 Å². The van der Waals surface area contributed by atoms with Crippen LogP contribution in [0, 0.1) is 20.8 Å². The number of hydrogen-bond acceptors (Lipinski definition) is 3. The van der Waals surface area contributed by atoms with Gasteiger partial charge in [0.25, 0.3) is 0 Å². The minimum atomic E-state index is -0.0314. The zero-order chi connectivity index (χ0) is 18.1. The lowest BCUT2D eigenvalue weighted by Gasteiger charge is -2.06. The second-order valence-electron chi connectivity index (χ2n) is 6.25. The van der Waals surface area contributed by atoms with E-state index in [-0.39, 0.29) is 5.91 Å². The van der Waals surface area contributed by atoms with Crippen LogP contribution in [0.4, 0.5) is 0 Å². The van der Waals surface area contributed by atoms with Gasteiger partial charge in [0.15, 0.2) is 0 Å². The molecule has 6 nitrogen and oxygen atoms in total. The highest BCUT2D eigenvalue weighted by atomic mass is 35.5. The number of aromatic nitrogens is 4. The highest BCUT2D eigenvalue weighted by Gasteiger charge is 2.13. The van der Waals surface area contributed by atoms with Crippen LogP contribution in [0.1, 0.15) is 29.1 Å². The third-order valence-corrected chi connectivity index (χ3v) is 4.96. The van der Waals surface area contributed by atoms with E-state index in [2.05, 4.69) is 15.5 Å². The molecule has 1 N–H and O–H groups in total. The van der Waals surface area contributed by atoms with E-state index < -0.39 is 0 Å². The minimum absolute atomic E-state index is 0.0314. The molecule has 0 atom stereocenters. The molecule has 0 saturated carbocycles. The van der Waals surface area contributed by atoms with Crippen molar-refractivity contribution < 1.29 is 4.79 Å². The van der Waals surface area contributed by atoms with E-state index in [1.807, 2.05) is 50.7 Å². The highest BCUT2D eigenvalue weighted by molar-refractivity contribution is 6.35. The van der Waals surface area contributed by atoms with Gasteiger partial charge in [0.1, 0.15) is 0 Å². The first-order valence-corrected chi connectivity index (χ1v) is 8.63. The first-order chi connectivity index (χ1) is 11.9. The van der Waals surface area contributed by atoms with Gasteiger partial charge in [-0.15, -0.1) is 0 Å². The molecule has 0 aliphatic rings. The number of carbonyl (C=O) groups is 1. The van der Waals surface area contributed by atoms with Crippen LogP contribution in [-0.2, 0) is 24.9 Å². The van der Waals surface area contributed by atoms with Gasteiger partial charge in [0.05, 0.1) is 28.5 Å². The van der Waals surface area contributed by atoms with Crippen LogP contribution in [0.5, 0.6) is 0 Å². The number of hydrogen-bond donors (Lipinski definition) is 1. The first-order valence-electron chi connectivity index (χ1n) is 8.26. The Balaban J connectivity index is 1.64. The van der Waals surface area contributed by atoms with Gasteiger partial charge in [-0.05, 0) is 38.5 Å². The molecule has 1 aromatic carbocycles. The molecule has 3 rings (SSSR count). The second kappa shape index (κ2) is 6.88. The molecule has 3 aromatic rings. The normalized spacial score (nSPS) is 11.2. The molecular weight excluding hydrogens is 338 g/mol. The average molecular weight is 360 g/mol. The van der Waals surface area contributed by atoms with Crippen molar-refractivity contribution in [1.29, 1.82) is 0 Å². The number of amides is 1. The molecule has 132 valence electrons. The fourth-order valence-electron chi connectivity index (χ4n) is 2.96. The maximum Gasteiger partial charge on any atom is 0.222 e. The summed E-state index contributed by atoms with van der Waals surface area (Å²) >= 11 is 6.29. The van der Waals surface area contributed by atoms with Gasteiger partial charge >= 0.3 is 0 Å².